The maximum absolute atomic E-state index is 11.4. The van der Waals surface area contributed by atoms with Crippen molar-refractivity contribution in [1.82, 2.24) is 14.5 Å². The van der Waals surface area contributed by atoms with E-state index in [9.17, 15) is 15.0 Å². The molecule has 1 aromatic rings. The minimum Gasteiger partial charge on any atom is -0.390 e. The van der Waals surface area contributed by atoms with Gasteiger partial charge in [-0.05, 0) is 0 Å². The van der Waals surface area contributed by atoms with Gasteiger partial charge in [-0.1, -0.05) is 0 Å². The lowest BCUT2D eigenvalue weighted by Gasteiger charge is -2.30. The summed E-state index contributed by atoms with van der Waals surface area (Å²) in [4.78, 5) is 18.5. The van der Waals surface area contributed by atoms with Gasteiger partial charge in [-0.3, -0.25) is 4.57 Å². The highest BCUT2D eigenvalue weighted by atomic mass is 16.5. The van der Waals surface area contributed by atoms with Gasteiger partial charge in [0.15, 0.2) is 0 Å². The molecule has 2 rings (SSSR count). The van der Waals surface area contributed by atoms with Gasteiger partial charge in [-0.2, -0.15) is 4.98 Å². The normalized spacial score (nSPS) is 30.2. The van der Waals surface area contributed by atoms with Crippen LogP contribution in [0.15, 0.2) is 11.1 Å². The largest absolute Gasteiger partial charge is 0.390 e. The third-order valence-corrected chi connectivity index (χ3v) is 2.40. The van der Waals surface area contributed by atoms with Crippen molar-refractivity contribution in [2.75, 3.05) is 12.3 Å². The monoisotopic (exact) mass is 228 g/mol. The standard InChI is InChI=1S/C8H12N4O4/c9-7-10-3-12(8(15)11-7)6-1-4(13)5(14)2-16-6/h3-6,13-14H,1-2H2,(H2,9,11,15)/t4-,5+,6+/m0/s1. The molecule has 8 heteroatoms. The highest BCUT2D eigenvalue weighted by Gasteiger charge is 2.29. The summed E-state index contributed by atoms with van der Waals surface area (Å²) in [6, 6.07) is 0. The Hall–Kier alpha value is -1.51. The minimum absolute atomic E-state index is 0.0390. The number of nitrogen functional groups attached to an aromatic ring is 1. The average Bonchev–Trinajstić information content (AvgIpc) is 2.22. The van der Waals surface area contributed by atoms with Crippen LogP contribution in [0, 0.1) is 0 Å². The third kappa shape index (κ3) is 2.03. The number of hydrogen-bond acceptors (Lipinski definition) is 7. The Bertz CT molecular complexity index is 434. The van der Waals surface area contributed by atoms with E-state index in [0.717, 1.165) is 4.57 Å². The molecule has 1 saturated heterocycles. The van der Waals surface area contributed by atoms with Crippen LogP contribution >= 0.6 is 0 Å². The first kappa shape index (κ1) is 11.0. The van der Waals surface area contributed by atoms with Crippen LogP contribution in [-0.2, 0) is 4.74 Å². The van der Waals surface area contributed by atoms with Crippen molar-refractivity contribution >= 4 is 5.95 Å². The maximum atomic E-state index is 11.4. The van der Waals surface area contributed by atoms with E-state index in [1.807, 2.05) is 0 Å². The Labute approximate surface area is 90.3 Å². The molecule has 1 fully saturated rings. The molecule has 0 unspecified atom stereocenters. The Morgan fingerprint density at radius 3 is 2.88 bits per heavy atom. The molecule has 0 bridgehead atoms. The van der Waals surface area contributed by atoms with Crippen molar-refractivity contribution in [2.24, 2.45) is 0 Å². The zero-order chi connectivity index (χ0) is 11.7. The summed E-state index contributed by atoms with van der Waals surface area (Å²) in [5, 5.41) is 18.7. The summed E-state index contributed by atoms with van der Waals surface area (Å²) >= 11 is 0. The Morgan fingerprint density at radius 1 is 1.50 bits per heavy atom. The van der Waals surface area contributed by atoms with Crippen molar-refractivity contribution in [2.45, 2.75) is 24.9 Å². The van der Waals surface area contributed by atoms with E-state index in [0.29, 0.717) is 0 Å². The van der Waals surface area contributed by atoms with Gasteiger partial charge in [0.05, 0.1) is 12.7 Å². The van der Waals surface area contributed by atoms with E-state index in [1.54, 1.807) is 0 Å². The molecule has 0 saturated carbocycles. The molecule has 0 aliphatic carbocycles. The summed E-state index contributed by atoms with van der Waals surface area (Å²) in [7, 11) is 0. The first-order valence-electron chi connectivity index (χ1n) is 4.76. The van der Waals surface area contributed by atoms with Crippen molar-refractivity contribution < 1.29 is 14.9 Å². The van der Waals surface area contributed by atoms with Gasteiger partial charge in [0.25, 0.3) is 0 Å². The molecule has 0 radical (unpaired) electrons. The van der Waals surface area contributed by atoms with E-state index >= 15 is 0 Å². The molecule has 1 aliphatic rings. The Morgan fingerprint density at radius 2 is 2.25 bits per heavy atom. The van der Waals surface area contributed by atoms with E-state index in [4.69, 9.17) is 10.5 Å². The molecule has 16 heavy (non-hydrogen) atoms. The zero-order valence-corrected chi connectivity index (χ0v) is 8.35. The molecule has 88 valence electrons. The van der Waals surface area contributed by atoms with Crippen LogP contribution in [0.25, 0.3) is 0 Å². The van der Waals surface area contributed by atoms with Crippen molar-refractivity contribution in [3.63, 3.8) is 0 Å². The molecular weight excluding hydrogens is 216 g/mol. The van der Waals surface area contributed by atoms with Gasteiger partial charge >= 0.3 is 5.69 Å². The van der Waals surface area contributed by atoms with Gasteiger partial charge in [0.1, 0.15) is 18.7 Å². The van der Waals surface area contributed by atoms with Gasteiger partial charge in [-0.25, -0.2) is 9.78 Å². The van der Waals surface area contributed by atoms with E-state index in [2.05, 4.69) is 9.97 Å². The van der Waals surface area contributed by atoms with E-state index in [-0.39, 0.29) is 19.0 Å². The number of hydrogen-bond donors (Lipinski definition) is 3. The average molecular weight is 228 g/mol. The fourth-order valence-corrected chi connectivity index (χ4v) is 1.50. The molecule has 1 aliphatic heterocycles. The number of ether oxygens (including phenoxy) is 1. The molecule has 2 heterocycles. The summed E-state index contributed by atoms with van der Waals surface area (Å²) in [6.07, 6.45) is -1.22. The lowest BCUT2D eigenvalue weighted by molar-refractivity contribution is -0.146. The summed E-state index contributed by atoms with van der Waals surface area (Å²) < 4.78 is 6.33. The zero-order valence-electron chi connectivity index (χ0n) is 8.35. The number of anilines is 1. The van der Waals surface area contributed by atoms with Gasteiger partial charge in [-0.15, -0.1) is 0 Å². The molecule has 8 nitrogen and oxygen atoms in total. The summed E-state index contributed by atoms with van der Waals surface area (Å²) in [5.74, 6) is -0.113. The fourth-order valence-electron chi connectivity index (χ4n) is 1.50. The highest BCUT2D eigenvalue weighted by Crippen LogP contribution is 2.21. The van der Waals surface area contributed by atoms with Crippen LogP contribution in [0.2, 0.25) is 0 Å². The molecular formula is C8H12N4O4. The van der Waals surface area contributed by atoms with Gasteiger partial charge < -0.3 is 20.7 Å². The molecule has 0 aromatic carbocycles. The SMILES string of the molecule is Nc1ncn([C@H]2C[C@H](O)[C@H](O)CO2)c(=O)n1. The predicted octanol–water partition coefficient (Wildman–Crippen LogP) is -2.14. The number of aliphatic hydroxyl groups excluding tert-OH is 2. The van der Waals surface area contributed by atoms with Crippen LogP contribution in [-0.4, -0.2) is 43.6 Å². The van der Waals surface area contributed by atoms with Crippen molar-refractivity contribution in [1.29, 1.82) is 0 Å². The van der Waals surface area contributed by atoms with Crippen LogP contribution in [0.5, 0.6) is 0 Å². The number of aromatic nitrogens is 3. The van der Waals surface area contributed by atoms with Crippen LogP contribution in [0.4, 0.5) is 5.95 Å². The Balaban J connectivity index is 2.22. The van der Waals surface area contributed by atoms with Gasteiger partial charge in [0, 0.05) is 6.42 Å². The maximum Gasteiger partial charge on any atom is 0.354 e. The highest BCUT2D eigenvalue weighted by molar-refractivity contribution is 5.09. The molecule has 0 amide bonds. The minimum atomic E-state index is -0.929. The predicted molar refractivity (Wildman–Crippen MR) is 52.3 cm³/mol. The second kappa shape index (κ2) is 4.16. The molecule has 4 N–H and O–H groups in total. The number of aliphatic hydroxyl groups is 2. The summed E-state index contributed by atoms with van der Waals surface area (Å²) in [6.45, 7) is -0.0390. The fraction of sp³-hybridized carbons (Fsp3) is 0.625. The second-order valence-corrected chi connectivity index (χ2v) is 3.56. The van der Waals surface area contributed by atoms with Crippen LogP contribution in [0.1, 0.15) is 12.6 Å². The third-order valence-electron chi connectivity index (χ3n) is 2.40. The topological polar surface area (TPSA) is 123 Å². The number of nitrogens with zero attached hydrogens (tertiary/aromatic N) is 3. The second-order valence-electron chi connectivity index (χ2n) is 3.56. The quantitative estimate of drug-likeness (QED) is 0.501. The number of nitrogens with two attached hydrogens (primary N) is 1. The van der Waals surface area contributed by atoms with E-state index < -0.39 is 24.1 Å². The molecule has 1 aromatic heterocycles. The molecule has 0 spiro atoms. The van der Waals surface area contributed by atoms with Gasteiger partial charge in [0.2, 0.25) is 5.95 Å². The van der Waals surface area contributed by atoms with E-state index in [1.165, 1.54) is 6.33 Å². The smallest absolute Gasteiger partial charge is 0.354 e. The summed E-state index contributed by atoms with van der Waals surface area (Å²) in [5.41, 5.74) is 4.64. The Kier molecular flexibility index (Phi) is 2.86. The van der Waals surface area contributed by atoms with Crippen LogP contribution < -0.4 is 11.4 Å². The lowest BCUT2D eigenvalue weighted by atomic mass is 10.1. The molecule has 3 atom stereocenters. The first-order valence-corrected chi connectivity index (χ1v) is 4.76. The van der Waals surface area contributed by atoms with Crippen molar-refractivity contribution in [3.8, 4) is 0 Å². The first-order chi connectivity index (χ1) is 7.58. The lowest BCUT2D eigenvalue weighted by Crippen LogP contribution is -2.42. The van der Waals surface area contributed by atoms with Crippen molar-refractivity contribution in [3.05, 3.63) is 16.8 Å². The number of rotatable bonds is 1. The van der Waals surface area contributed by atoms with Crippen LogP contribution in [0.3, 0.4) is 0 Å².